The van der Waals surface area contributed by atoms with E-state index in [1.165, 1.54) is 16.5 Å². The van der Waals surface area contributed by atoms with Crippen LogP contribution in [0.2, 0.25) is 0 Å². The van der Waals surface area contributed by atoms with Gasteiger partial charge in [-0.15, -0.1) is 0 Å². The average Bonchev–Trinajstić information content (AvgIpc) is 3.32. The number of nitrogens with zero attached hydrogens (tertiary/aromatic N) is 3. The second-order valence-electron chi connectivity index (χ2n) is 8.36. The topological polar surface area (TPSA) is 55.2 Å². The van der Waals surface area contributed by atoms with Gasteiger partial charge in [0.25, 0.3) is 5.91 Å². The first-order valence-electron chi connectivity index (χ1n) is 10.4. The van der Waals surface area contributed by atoms with E-state index >= 15 is 0 Å². The number of hydrogen-bond donors (Lipinski definition) is 0. The number of carbonyl (C=O) groups is 2. The van der Waals surface area contributed by atoms with E-state index in [2.05, 4.69) is 29.4 Å². The van der Waals surface area contributed by atoms with Gasteiger partial charge in [-0.1, -0.05) is 30.3 Å². The van der Waals surface area contributed by atoms with Crippen LogP contribution in [0.3, 0.4) is 0 Å². The van der Waals surface area contributed by atoms with Gasteiger partial charge in [0.05, 0.1) is 0 Å². The maximum absolute atomic E-state index is 13.5. The van der Waals surface area contributed by atoms with Crippen molar-refractivity contribution in [3.63, 3.8) is 0 Å². The van der Waals surface area contributed by atoms with Crippen LogP contribution in [0.4, 0.5) is 0 Å². The number of rotatable bonds is 3. The van der Waals surface area contributed by atoms with E-state index in [0.717, 1.165) is 42.3 Å². The summed E-state index contributed by atoms with van der Waals surface area (Å²) in [4.78, 5) is 28.2. The third-order valence-corrected chi connectivity index (χ3v) is 6.55. The normalized spacial score (nSPS) is 18.4. The maximum atomic E-state index is 13.5. The highest BCUT2D eigenvalue weighted by atomic mass is 16.2. The van der Waals surface area contributed by atoms with Crippen LogP contribution in [-0.4, -0.2) is 39.5 Å². The van der Waals surface area contributed by atoms with Gasteiger partial charge in [0.15, 0.2) is 11.5 Å². The summed E-state index contributed by atoms with van der Waals surface area (Å²) in [6.45, 7) is 3.08. The molecule has 3 aromatic rings. The number of piperidine rings is 1. The molecular formula is C24H25N3O2. The monoisotopic (exact) mass is 387 g/mol. The Morgan fingerprint density at radius 1 is 1.10 bits per heavy atom. The van der Waals surface area contributed by atoms with E-state index < -0.39 is 0 Å². The number of aromatic nitrogens is 2. The zero-order chi connectivity index (χ0) is 20.1. The summed E-state index contributed by atoms with van der Waals surface area (Å²) in [7, 11) is 1.84. The Morgan fingerprint density at radius 3 is 2.66 bits per heavy atom. The van der Waals surface area contributed by atoms with E-state index in [0.29, 0.717) is 18.8 Å². The van der Waals surface area contributed by atoms with Crippen LogP contribution in [0, 0.1) is 12.8 Å². The van der Waals surface area contributed by atoms with Crippen molar-refractivity contribution < 1.29 is 9.59 Å². The van der Waals surface area contributed by atoms with Crippen LogP contribution in [0.1, 0.15) is 50.5 Å². The molecule has 1 aromatic heterocycles. The highest BCUT2D eigenvalue weighted by Gasteiger charge is 2.31. The molecule has 5 rings (SSSR count). The van der Waals surface area contributed by atoms with Crippen molar-refractivity contribution in [3.8, 4) is 0 Å². The van der Waals surface area contributed by atoms with Gasteiger partial charge >= 0.3 is 0 Å². The fraction of sp³-hybridized carbons (Fsp3) is 0.375. The molecule has 0 bridgehead atoms. The molecule has 1 amide bonds. The highest BCUT2D eigenvalue weighted by Crippen LogP contribution is 2.34. The third-order valence-electron chi connectivity index (χ3n) is 6.55. The van der Waals surface area contributed by atoms with Crippen LogP contribution in [0.15, 0.2) is 36.4 Å². The van der Waals surface area contributed by atoms with Gasteiger partial charge in [-0.3, -0.25) is 14.3 Å². The Bertz CT molecular complexity index is 1110. The standard InChI is InChI=1S/C24H25N3O2/c1-15-13-21(25-26(15)2)24(29)27-12-4-6-18(14-27)23(28)20-11-10-17-9-8-16-5-3-7-19(20)22(16)17/h3,5,7,10-11,13,18H,4,6,8-9,12,14H2,1-2H3/t18-/m1/s1. The van der Waals surface area contributed by atoms with Gasteiger partial charge in [-0.2, -0.15) is 5.10 Å². The molecule has 5 heteroatoms. The summed E-state index contributed by atoms with van der Waals surface area (Å²) in [6, 6.07) is 12.2. The van der Waals surface area contributed by atoms with E-state index in [4.69, 9.17) is 0 Å². The molecular weight excluding hydrogens is 362 g/mol. The Labute approximate surface area is 170 Å². The number of amides is 1. The first-order chi connectivity index (χ1) is 14.0. The van der Waals surface area contributed by atoms with Crippen LogP contribution < -0.4 is 0 Å². The molecule has 2 aliphatic rings. The van der Waals surface area contributed by atoms with Crippen LogP contribution >= 0.6 is 0 Å². The number of aryl methyl sites for hydroxylation is 4. The lowest BCUT2D eigenvalue weighted by molar-refractivity contribution is 0.0632. The number of benzene rings is 2. The molecule has 0 spiro atoms. The summed E-state index contributed by atoms with van der Waals surface area (Å²) < 4.78 is 1.71. The van der Waals surface area contributed by atoms with Crippen molar-refractivity contribution in [2.45, 2.75) is 32.6 Å². The predicted octanol–water partition coefficient (Wildman–Crippen LogP) is 3.72. The minimum absolute atomic E-state index is 0.0772. The summed E-state index contributed by atoms with van der Waals surface area (Å²) in [5.41, 5.74) is 4.91. The van der Waals surface area contributed by atoms with Gasteiger partial charge in [0.1, 0.15) is 0 Å². The quantitative estimate of drug-likeness (QED) is 0.644. The lowest BCUT2D eigenvalue weighted by Gasteiger charge is -2.31. The maximum Gasteiger partial charge on any atom is 0.274 e. The van der Waals surface area contributed by atoms with Gasteiger partial charge in [0.2, 0.25) is 0 Å². The number of hydrogen-bond acceptors (Lipinski definition) is 3. The van der Waals surface area contributed by atoms with Crippen molar-refractivity contribution in [1.82, 2.24) is 14.7 Å². The van der Waals surface area contributed by atoms with Gasteiger partial charge < -0.3 is 4.90 Å². The number of carbonyl (C=O) groups excluding carboxylic acids is 2. The number of Topliss-reactive ketones (excluding diaryl/α,β-unsaturated/α-hetero) is 1. The third kappa shape index (κ3) is 2.96. The molecule has 2 heterocycles. The van der Waals surface area contributed by atoms with Crippen LogP contribution in [0.5, 0.6) is 0 Å². The minimum Gasteiger partial charge on any atom is -0.337 e. The second-order valence-corrected chi connectivity index (χ2v) is 8.36. The smallest absolute Gasteiger partial charge is 0.274 e. The first kappa shape index (κ1) is 18.1. The predicted molar refractivity (Wildman–Crippen MR) is 112 cm³/mol. The summed E-state index contributed by atoms with van der Waals surface area (Å²) >= 11 is 0. The molecule has 148 valence electrons. The lowest BCUT2D eigenvalue weighted by atomic mass is 9.87. The largest absolute Gasteiger partial charge is 0.337 e. The van der Waals surface area contributed by atoms with Crippen molar-refractivity contribution in [3.05, 3.63) is 64.5 Å². The van der Waals surface area contributed by atoms with Crippen molar-refractivity contribution >= 4 is 22.5 Å². The van der Waals surface area contributed by atoms with Crippen molar-refractivity contribution in [1.29, 1.82) is 0 Å². The molecule has 2 aromatic carbocycles. The number of likely N-dealkylation sites (tertiary alicyclic amines) is 1. The Balaban J connectivity index is 1.42. The molecule has 1 aliphatic heterocycles. The van der Waals surface area contributed by atoms with Crippen LogP contribution in [-0.2, 0) is 19.9 Å². The Hall–Kier alpha value is -2.95. The van der Waals surface area contributed by atoms with E-state index in [1.807, 2.05) is 26.1 Å². The van der Waals surface area contributed by atoms with Gasteiger partial charge in [-0.05, 0) is 60.6 Å². The van der Waals surface area contributed by atoms with E-state index in [1.54, 1.807) is 9.58 Å². The summed E-state index contributed by atoms with van der Waals surface area (Å²) in [6.07, 6.45) is 3.78. The van der Waals surface area contributed by atoms with Crippen molar-refractivity contribution in [2.24, 2.45) is 13.0 Å². The molecule has 0 unspecified atom stereocenters. The molecule has 1 saturated heterocycles. The van der Waals surface area contributed by atoms with Crippen LogP contribution in [0.25, 0.3) is 10.8 Å². The molecule has 1 fully saturated rings. The molecule has 0 saturated carbocycles. The van der Waals surface area contributed by atoms with Gasteiger partial charge in [0, 0.05) is 37.3 Å². The lowest BCUT2D eigenvalue weighted by Crippen LogP contribution is -2.42. The number of ketones is 1. The highest BCUT2D eigenvalue weighted by molar-refractivity contribution is 6.11. The van der Waals surface area contributed by atoms with E-state index in [9.17, 15) is 9.59 Å². The van der Waals surface area contributed by atoms with Crippen molar-refractivity contribution in [2.75, 3.05) is 13.1 Å². The molecule has 0 radical (unpaired) electrons. The second kappa shape index (κ2) is 6.83. The summed E-state index contributed by atoms with van der Waals surface area (Å²) in [5.74, 6) is -0.0714. The molecule has 5 nitrogen and oxygen atoms in total. The fourth-order valence-corrected chi connectivity index (χ4v) is 4.88. The zero-order valence-corrected chi connectivity index (χ0v) is 16.9. The molecule has 0 N–H and O–H groups in total. The fourth-order valence-electron chi connectivity index (χ4n) is 4.88. The SMILES string of the molecule is Cc1cc(C(=O)N2CCC[C@@H](C(=O)c3ccc4c5c(cccc35)CC4)C2)nn1C. The minimum atomic E-state index is -0.157. The van der Waals surface area contributed by atoms with E-state index in [-0.39, 0.29) is 17.6 Å². The molecule has 1 atom stereocenters. The van der Waals surface area contributed by atoms with Gasteiger partial charge in [-0.25, -0.2) is 0 Å². The first-order valence-corrected chi connectivity index (χ1v) is 10.4. The Morgan fingerprint density at radius 2 is 1.90 bits per heavy atom. The zero-order valence-electron chi connectivity index (χ0n) is 16.9. The Kier molecular flexibility index (Phi) is 4.26. The average molecular weight is 387 g/mol. The molecule has 29 heavy (non-hydrogen) atoms. The molecule has 1 aliphatic carbocycles. The summed E-state index contributed by atoms with van der Waals surface area (Å²) in [5, 5.41) is 6.67.